The van der Waals surface area contributed by atoms with Crippen molar-refractivity contribution in [3.63, 3.8) is 0 Å². The number of hydrogen-bond donors (Lipinski definition) is 1. The fraction of sp³-hybridized carbons (Fsp3) is 0.444. The summed E-state index contributed by atoms with van der Waals surface area (Å²) in [4.78, 5) is 12.3. The molecule has 0 saturated heterocycles. The van der Waals surface area contributed by atoms with Crippen molar-refractivity contribution in [3.05, 3.63) is 16.5 Å². The van der Waals surface area contributed by atoms with Crippen molar-refractivity contribution in [3.8, 4) is 0 Å². The predicted octanol–water partition coefficient (Wildman–Crippen LogP) is 2.71. The summed E-state index contributed by atoms with van der Waals surface area (Å²) in [5, 5.41) is 3.79. The Morgan fingerprint density at radius 3 is 2.67 bits per heavy atom. The Balaban J connectivity index is 2.70. The van der Waals surface area contributed by atoms with Crippen LogP contribution in [0.3, 0.4) is 0 Å². The summed E-state index contributed by atoms with van der Waals surface area (Å²) in [6.45, 7) is 5.96. The third-order valence-corrected chi connectivity index (χ3v) is 2.82. The Labute approximate surface area is 76.6 Å². The van der Waals surface area contributed by atoms with Gasteiger partial charge < -0.3 is 5.32 Å². The first-order valence-corrected chi connectivity index (χ1v) is 4.82. The van der Waals surface area contributed by atoms with Gasteiger partial charge in [-0.15, -0.1) is 11.3 Å². The molecule has 1 aromatic heterocycles. The Bertz CT molecular complexity index is 271. The molecule has 0 aromatic carbocycles. The molecule has 1 aromatic rings. The van der Waals surface area contributed by atoms with Gasteiger partial charge in [-0.05, 0) is 25.5 Å². The molecule has 0 spiro atoms. The first-order valence-electron chi connectivity index (χ1n) is 4.00. The van der Waals surface area contributed by atoms with E-state index in [1.54, 1.807) is 11.3 Å². The molecule has 12 heavy (non-hydrogen) atoms. The van der Waals surface area contributed by atoms with E-state index in [0.29, 0.717) is 6.42 Å². The molecule has 0 radical (unpaired) electrons. The second-order valence-electron chi connectivity index (χ2n) is 2.75. The standard InChI is InChI=1S/C9H13NOS/c1-4-8(11)10-9-5-6(2)7(3)12-9/h5H,4H2,1-3H3,(H,10,11). The van der Waals surface area contributed by atoms with Crippen molar-refractivity contribution in [2.75, 3.05) is 5.32 Å². The van der Waals surface area contributed by atoms with Crippen molar-refractivity contribution in [1.82, 2.24) is 0 Å². The maximum atomic E-state index is 11.0. The van der Waals surface area contributed by atoms with Crippen molar-refractivity contribution in [1.29, 1.82) is 0 Å². The number of carbonyl (C=O) groups is 1. The van der Waals surface area contributed by atoms with E-state index in [-0.39, 0.29) is 5.91 Å². The van der Waals surface area contributed by atoms with Crippen LogP contribution in [-0.2, 0) is 4.79 Å². The van der Waals surface area contributed by atoms with Gasteiger partial charge in [0.1, 0.15) is 0 Å². The van der Waals surface area contributed by atoms with Gasteiger partial charge in [-0.2, -0.15) is 0 Å². The third-order valence-electron chi connectivity index (χ3n) is 1.75. The lowest BCUT2D eigenvalue weighted by atomic mass is 10.3. The Kier molecular flexibility index (Phi) is 2.87. The number of amides is 1. The predicted molar refractivity (Wildman–Crippen MR) is 52.7 cm³/mol. The van der Waals surface area contributed by atoms with Crippen molar-refractivity contribution < 1.29 is 4.79 Å². The Morgan fingerprint density at radius 1 is 1.58 bits per heavy atom. The molecule has 0 saturated carbocycles. The number of carbonyl (C=O) groups excluding carboxylic acids is 1. The summed E-state index contributed by atoms with van der Waals surface area (Å²) in [5.41, 5.74) is 1.24. The molecule has 0 aliphatic rings. The van der Waals surface area contributed by atoms with Crippen LogP contribution in [0, 0.1) is 13.8 Å². The second-order valence-corrected chi connectivity index (χ2v) is 4.01. The van der Waals surface area contributed by atoms with Crippen molar-refractivity contribution in [2.24, 2.45) is 0 Å². The van der Waals surface area contributed by atoms with Gasteiger partial charge in [-0.1, -0.05) is 6.92 Å². The van der Waals surface area contributed by atoms with E-state index in [0.717, 1.165) is 5.00 Å². The van der Waals surface area contributed by atoms with E-state index in [9.17, 15) is 4.79 Å². The molecule has 1 heterocycles. The number of nitrogens with one attached hydrogen (secondary N) is 1. The SMILES string of the molecule is CCC(=O)Nc1cc(C)c(C)s1. The van der Waals surface area contributed by atoms with Crippen LogP contribution in [0.15, 0.2) is 6.07 Å². The van der Waals surface area contributed by atoms with Gasteiger partial charge in [-0.3, -0.25) is 4.79 Å². The van der Waals surface area contributed by atoms with Crippen LogP contribution in [0.4, 0.5) is 5.00 Å². The normalized spacial score (nSPS) is 9.92. The minimum absolute atomic E-state index is 0.0799. The molecule has 0 fully saturated rings. The van der Waals surface area contributed by atoms with Crippen LogP contribution in [-0.4, -0.2) is 5.91 Å². The van der Waals surface area contributed by atoms with Crippen molar-refractivity contribution >= 4 is 22.2 Å². The average Bonchev–Trinajstić information content (AvgIpc) is 2.31. The molecule has 1 N–H and O–H groups in total. The van der Waals surface area contributed by atoms with Crippen molar-refractivity contribution in [2.45, 2.75) is 27.2 Å². The summed E-state index contributed by atoms with van der Waals surface area (Å²) in [5.74, 6) is 0.0799. The quantitative estimate of drug-likeness (QED) is 0.750. The maximum Gasteiger partial charge on any atom is 0.224 e. The highest BCUT2D eigenvalue weighted by Crippen LogP contribution is 2.25. The minimum Gasteiger partial charge on any atom is -0.318 e. The van der Waals surface area contributed by atoms with Gasteiger partial charge in [0, 0.05) is 11.3 Å². The lowest BCUT2D eigenvalue weighted by Gasteiger charge is -1.96. The molecule has 0 unspecified atom stereocenters. The number of anilines is 1. The molecular formula is C9H13NOS. The fourth-order valence-electron chi connectivity index (χ4n) is 0.861. The Hall–Kier alpha value is -0.830. The first kappa shape index (κ1) is 9.26. The van der Waals surface area contributed by atoms with Crippen LogP contribution in [0.1, 0.15) is 23.8 Å². The van der Waals surface area contributed by atoms with Gasteiger partial charge in [0.25, 0.3) is 0 Å². The van der Waals surface area contributed by atoms with Crippen LogP contribution < -0.4 is 5.32 Å². The molecule has 0 aliphatic heterocycles. The molecule has 3 heteroatoms. The lowest BCUT2D eigenvalue weighted by Crippen LogP contribution is -2.07. The van der Waals surface area contributed by atoms with E-state index in [1.165, 1.54) is 10.4 Å². The number of hydrogen-bond acceptors (Lipinski definition) is 2. The van der Waals surface area contributed by atoms with Crippen LogP contribution >= 0.6 is 11.3 Å². The second kappa shape index (κ2) is 3.72. The van der Waals surface area contributed by atoms with Crippen LogP contribution in [0.25, 0.3) is 0 Å². The molecule has 1 amide bonds. The smallest absolute Gasteiger partial charge is 0.224 e. The van der Waals surface area contributed by atoms with Crippen LogP contribution in [0.5, 0.6) is 0 Å². The lowest BCUT2D eigenvalue weighted by molar-refractivity contribution is -0.115. The molecule has 0 aliphatic carbocycles. The largest absolute Gasteiger partial charge is 0.318 e. The van der Waals surface area contributed by atoms with Gasteiger partial charge >= 0.3 is 0 Å². The summed E-state index contributed by atoms with van der Waals surface area (Å²) in [7, 11) is 0. The average molecular weight is 183 g/mol. The fourth-order valence-corrected chi connectivity index (χ4v) is 1.81. The zero-order valence-corrected chi connectivity index (χ0v) is 8.42. The van der Waals surface area contributed by atoms with E-state index >= 15 is 0 Å². The summed E-state index contributed by atoms with van der Waals surface area (Å²) in [6, 6.07) is 2.01. The number of thiophene rings is 1. The monoisotopic (exact) mass is 183 g/mol. The number of aryl methyl sites for hydroxylation is 2. The van der Waals surface area contributed by atoms with E-state index < -0.39 is 0 Å². The van der Waals surface area contributed by atoms with Crippen LogP contribution in [0.2, 0.25) is 0 Å². The first-order chi connectivity index (χ1) is 5.63. The minimum atomic E-state index is 0.0799. The molecule has 0 atom stereocenters. The van der Waals surface area contributed by atoms with E-state index in [2.05, 4.69) is 12.2 Å². The van der Waals surface area contributed by atoms with E-state index in [4.69, 9.17) is 0 Å². The molecule has 2 nitrogen and oxygen atoms in total. The molecule has 0 bridgehead atoms. The summed E-state index contributed by atoms with van der Waals surface area (Å²) in [6.07, 6.45) is 0.538. The third kappa shape index (κ3) is 2.08. The van der Waals surface area contributed by atoms with Gasteiger partial charge in [0.2, 0.25) is 5.91 Å². The highest BCUT2D eigenvalue weighted by atomic mass is 32.1. The van der Waals surface area contributed by atoms with Gasteiger partial charge in [0.15, 0.2) is 0 Å². The zero-order valence-electron chi connectivity index (χ0n) is 7.60. The maximum absolute atomic E-state index is 11.0. The highest BCUT2D eigenvalue weighted by Gasteiger charge is 2.03. The summed E-state index contributed by atoms with van der Waals surface area (Å²) >= 11 is 1.63. The zero-order chi connectivity index (χ0) is 9.14. The van der Waals surface area contributed by atoms with Gasteiger partial charge in [-0.25, -0.2) is 0 Å². The molecule has 1 rings (SSSR count). The molecule has 66 valence electrons. The topological polar surface area (TPSA) is 29.1 Å². The number of rotatable bonds is 2. The Morgan fingerprint density at radius 2 is 2.25 bits per heavy atom. The summed E-state index contributed by atoms with van der Waals surface area (Å²) < 4.78 is 0. The molecular weight excluding hydrogens is 170 g/mol. The highest BCUT2D eigenvalue weighted by molar-refractivity contribution is 7.16. The van der Waals surface area contributed by atoms with Gasteiger partial charge in [0.05, 0.1) is 5.00 Å². The van der Waals surface area contributed by atoms with E-state index in [1.807, 2.05) is 19.9 Å².